The number of ether oxygens (including phenoxy) is 1. The van der Waals surface area contributed by atoms with Crippen molar-refractivity contribution in [3.63, 3.8) is 0 Å². The van der Waals surface area contributed by atoms with E-state index in [1.807, 2.05) is 0 Å². The van der Waals surface area contributed by atoms with Gasteiger partial charge < -0.3 is 4.74 Å². The normalized spacial score (nSPS) is 13.2. The van der Waals surface area contributed by atoms with Gasteiger partial charge in [0.1, 0.15) is 5.75 Å². The summed E-state index contributed by atoms with van der Waals surface area (Å²) in [5.74, 6) is 0.140. The molecular weight excluding hydrogens is 324 g/mol. The Morgan fingerprint density at radius 1 is 1.20 bits per heavy atom. The highest BCUT2D eigenvalue weighted by Gasteiger charge is 2.26. The van der Waals surface area contributed by atoms with Crippen molar-refractivity contribution in [1.29, 1.82) is 0 Å². The molecule has 0 saturated heterocycles. The number of hydrogen-bond acceptors (Lipinski definition) is 5. The average molecular weight is 341 g/mol. The molecular formula is C12H17ClO5S2. The maximum Gasteiger partial charge on any atom is 0.233 e. The van der Waals surface area contributed by atoms with Crippen molar-refractivity contribution in [2.75, 3.05) is 18.6 Å². The van der Waals surface area contributed by atoms with Crippen LogP contribution in [0, 0.1) is 5.41 Å². The molecule has 0 saturated carbocycles. The van der Waals surface area contributed by atoms with Crippen LogP contribution in [0.5, 0.6) is 5.75 Å². The molecule has 0 spiro atoms. The van der Waals surface area contributed by atoms with E-state index in [0.29, 0.717) is 5.75 Å². The Balaban J connectivity index is 2.81. The van der Waals surface area contributed by atoms with E-state index in [9.17, 15) is 16.8 Å². The van der Waals surface area contributed by atoms with Crippen molar-refractivity contribution in [3.8, 4) is 5.75 Å². The van der Waals surface area contributed by atoms with Crippen LogP contribution in [0.3, 0.4) is 0 Å². The predicted molar refractivity (Wildman–Crippen MR) is 78.5 cm³/mol. The molecule has 0 N–H and O–H groups in total. The first kappa shape index (κ1) is 17.3. The second-order valence-electron chi connectivity index (χ2n) is 5.38. The van der Waals surface area contributed by atoms with E-state index in [1.54, 1.807) is 26.0 Å². The summed E-state index contributed by atoms with van der Waals surface area (Å²) in [4.78, 5) is 0.151. The van der Waals surface area contributed by atoms with Crippen LogP contribution >= 0.6 is 10.7 Å². The van der Waals surface area contributed by atoms with E-state index in [1.165, 1.54) is 12.1 Å². The monoisotopic (exact) mass is 340 g/mol. The molecule has 0 heterocycles. The van der Waals surface area contributed by atoms with Gasteiger partial charge in [-0.15, -0.1) is 0 Å². The molecule has 0 amide bonds. The third kappa shape index (κ3) is 6.11. The first-order chi connectivity index (χ1) is 8.89. The number of sulfone groups is 1. The minimum atomic E-state index is -3.62. The Morgan fingerprint density at radius 2 is 1.80 bits per heavy atom. The first-order valence-electron chi connectivity index (χ1n) is 5.74. The molecule has 0 fully saturated rings. The van der Waals surface area contributed by atoms with Gasteiger partial charge in [0.05, 0.1) is 17.3 Å². The number of benzene rings is 1. The molecule has 1 aromatic carbocycles. The van der Waals surface area contributed by atoms with E-state index >= 15 is 0 Å². The highest BCUT2D eigenvalue weighted by atomic mass is 35.7. The molecule has 5 nitrogen and oxygen atoms in total. The molecule has 20 heavy (non-hydrogen) atoms. The summed E-state index contributed by atoms with van der Waals surface area (Å²) < 4.78 is 50.5. The van der Waals surface area contributed by atoms with Gasteiger partial charge >= 0.3 is 0 Å². The van der Waals surface area contributed by atoms with Gasteiger partial charge in [-0.2, -0.15) is 0 Å². The maximum atomic E-state index is 11.4. The van der Waals surface area contributed by atoms with Crippen molar-refractivity contribution >= 4 is 29.6 Å². The summed E-state index contributed by atoms with van der Waals surface area (Å²) in [6.07, 6.45) is 1.11. The zero-order chi connectivity index (χ0) is 15.6. The highest BCUT2D eigenvalue weighted by Crippen LogP contribution is 2.23. The van der Waals surface area contributed by atoms with Gasteiger partial charge in [-0.3, -0.25) is 0 Å². The molecule has 0 radical (unpaired) electrons. The smallest absolute Gasteiger partial charge is 0.233 e. The average Bonchev–Trinajstić information content (AvgIpc) is 2.22. The predicted octanol–water partition coefficient (Wildman–Crippen LogP) is 2.06. The minimum absolute atomic E-state index is 0.103. The zero-order valence-electron chi connectivity index (χ0n) is 11.5. The van der Waals surface area contributed by atoms with Crippen LogP contribution in [0.4, 0.5) is 0 Å². The lowest BCUT2D eigenvalue weighted by molar-refractivity contribution is 0.200. The molecule has 1 aromatic rings. The molecule has 0 bridgehead atoms. The summed E-state index contributed by atoms with van der Waals surface area (Å²) in [5.41, 5.74) is -0.679. The Hall–Kier alpha value is -0.790. The van der Waals surface area contributed by atoms with Crippen LogP contribution in [-0.2, 0) is 18.9 Å². The molecule has 0 unspecified atom stereocenters. The summed E-state index contributed by atoms with van der Waals surface area (Å²) in [6, 6.07) is 6.05. The van der Waals surface area contributed by atoms with E-state index in [0.717, 1.165) is 6.26 Å². The standard InChI is InChI=1S/C12H17ClO5S2/c1-12(2,9-20(13,16)17)8-18-10-5-4-6-11(7-10)19(3,14)15/h4-7H,8-9H2,1-3H3. The second kappa shape index (κ2) is 5.91. The number of halogens is 1. The van der Waals surface area contributed by atoms with Crippen molar-refractivity contribution in [3.05, 3.63) is 24.3 Å². The van der Waals surface area contributed by atoms with Crippen LogP contribution < -0.4 is 4.74 Å². The Kier molecular flexibility index (Phi) is 5.10. The molecule has 114 valence electrons. The van der Waals surface area contributed by atoms with Crippen LogP contribution in [-0.4, -0.2) is 35.5 Å². The maximum absolute atomic E-state index is 11.4. The van der Waals surface area contributed by atoms with E-state index in [2.05, 4.69) is 0 Å². The zero-order valence-corrected chi connectivity index (χ0v) is 13.8. The van der Waals surface area contributed by atoms with Gasteiger partial charge in [-0.1, -0.05) is 19.9 Å². The highest BCUT2D eigenvalue weighted by molar-refractivity contribution is 8.13. The number of hydrogen-bond donors (Lipinski definition) is 0. The molecule has 1 rings (SSSR count). The lowest BCUT2D eigenvalue weighted by atomic mass is 9.98. The number of rotatable bonds is 6. The first-order valence-corrected chi connectivity index (χ1v) is 10.1. The lowest BCUT2D eigenvalue weighted by Gasteiger charge is -2.23. The Morgan fingerprint density at radius 3 is 2.30 bits per heavy atom. The second-order valence-corrected chi connectivity index (χ2v) is 10.2. The van der Waals surface area contributed by atoms with Crippen LogP contribution in [0.1, 0.15) is 13.8 Å². The fourth-order valence-corrected chi connectivity index (χ4v) is 4.14. The molecule has 0 aliphatic heterocycles. The summed E-state index contributed by atoms with van der Waals surface area (Å²) in [5, 5.41) is 0. The van der Waals surface area contributed by atoms with E-state index < -0.39 is 24.3 Å². The lowest BCUT2D eigenvalue weighted by Crippen LogP contribution is -2.28. The third-order valence-electron chi connectivity index (χ3n) is 2.43. The van der Waals surface area contributed by atoms with Gasteiger partial charge in [0.15, 0.2) is 9.84 Å². The fourth-order valence-electron chi connectivity index (χ4n) is 1.58. The molecule has 0 aliphatic carbocycles. The van der Waals surface area contributed by atoms with Crippen LogP contribution in [0.15, 0.2) is 29.2 Å². The van der Waals surface area contributed by atoms with Crippen molar-refractivity contribution in [1.82, 2.24) is 0 Å². The van der Waals surface area contributed by atoms with Crippen LogP contribution in [0.25, 0.3) is 0 Å². The fraction of sp³-hybridized carbons (Fsp3) is 0.500. The Bertz CT molecular complexity index is 678. The summed E-state index contributed by atoms with van der Waals surface area (Å²) >= 11 is 0. The van der Waals surface area contributed by atoms with Gasteiger partial charge in [-0.25, -0.2) is 16.8 Å². The largest absolute Gasteiger partial charge is 0.493 e. The minimum Gasteiger partial charge on any atom is -0.493 e. The van der Waals surface area contributed by atoms with E-state index in [4.69, 9.17) is 15.4 Å². The van der Waals surface area contributed by atoms with E-state index in [-0.39, 0.29) is 17.3 Å². The quantitative estimate of drug-likeness (QED) is 0.741. The van der Waals surface area contributed by atoms with Gasteiger partial charge in [0.2, 0.25) is 9.05 Å². The molecule has 8 heteroatoms. The van der Waals surface area contributed by atoms with Gasteiger partial charge in [0.25, 0.3) is 0 Å². The molecule has 0 aromatic heterocycles. The van der Waals surface area contributed by atoms with Gasteiger partial charge in [0, 0.05) is 22.4 Å². The van der Waals surface area contributed by atoms with Crippen molar-refractivity contribution in [2.24, 2.45) is 5.41 Å². The van der Waals surface area contributed by atoms with Gasteiger partial charge in [-0.05, 0) is 18.2 Å². The molecule has 0 atom stereocenters. The van der Waals surface area contributed by atoms with Crippen molar-refractivity contribution < 1.29 is 21.6 Å². The van der Waals surface area contributed by atoms with Crippen molar-refractivity contribution in [2.45, 2.75) is 18.7 Å². The SMILES string of the molecule is CC(C)(COc1cccc(S(C)(=O)=O)c1)CS(=O)(=O)Cl. The summed E-state index contributed by atoms with van der Waals surface area (Å²) in [7, 11) is -1.70. The third-order valence-corrected chi connectivity index (χ3v) is 4.99. The Labute approximate surface area is 124 Å². The summed E-state index contributed by atoms with van der Waals surface area (Å²) in [6.45, 7) is 3.51. The van der Waals surface area contributed by atoms with Crippen LogP contribution in [0.2, 0.25) is 0 Å². The molecule has 0 aliphatic rings. The topological polar surface area (TPSA) is 77.5 Å².